The molecule has 0 aliphatic heterocycles. The van der Waals surface area contributed by atoms with Crippen molar-refractivity contribution in [2.45, 2.75) is 19.3 Å². The molecule has 0 spiro atoms. The third-order valence-electron chi connectivity index (χ3n) is 2.87. The lowest BCUT2D eigenvalue weighted by Gasteiger charge is -2.14. The van der Waals surface area contributed by atoms with E-state index in [0.717, 1.165) is 6.07 Å². The Balaban J connectivity index is 2.56. The molecule has 0 unspecified atom stereocenters. The summed E-state index contributed by atoms with van der Waals surface area (Å²) in [5.74, 6) is -1.83. The van der Waals surface area contributed by atoms with Gasteiger partial charge in [0.2, 0.25) is 0 Å². The molecule has 0 heterocycles. The van der Waals surface area contributed by atoms with Crippen molar-refractivity contribution in [3.05, 3.63) is 70.0 Å². The van der Waals surface area contributed by atoms with E-state index in [-0.39, 0.29) is 10.6 Å². The Morgan fingerprint density at radius 2 is 2.10 bits per heavy atom. The topological polar surface area (TPSA) is 43.1 Å². The Bertz CT molecular complexity index is 795. The molecule has 2 N–H and O–H groups in total. The van der Waals surface area contributed by atoms with Crippen LogP contribution in [0.25, 0.3) is 0 Å². The number of rotatable bonds is 4. The summed E-state index contributed by atoms with van der Waals surface area (Å²) in [6, 6.07) is 8.33. The van der Waals surface area contributed by atoms with Crippen molar-refractivity contribution in [3.8, 4) is 0 Å². The molecule has 0 saturated heterocycles. The van der Waals surface area contributed by atoms with E-state index < -0.39 is 42.0 Å². The first-order valence-electron chi connectivity index (χ1n) is 8.31. The molecule has 4 heteroatoms. The quantitative estimate of drug-likeness (QED) is 0.862. The number of benzene rings is 2. The molecule has 20 heavy (non-hydrogen) atoms. The molecule has 0 amide bonds. The Labute approximate surface area is 129 Å². The zero-order chi connectivity index (χ0) is 19.0. The lowest BCUT2D eigenvalue weighted by Crippen LogP contribution is -2.14. The van der Waals surface area contributed by atoms with Gasteiger partial charge < -0.3 is 5.73 Å². The van der Waals surface area contributed by atoms with Gasteiger partial charge in [-0.05, 0) is 12.4 Å². The highest BCUT2D eigenvalue weighted by Gasteiger charge is 2.22. The van der Waals surface area contributed by atoms with Gasteiger partial charge in [0.15, 0.2) is 5.78 Å². The minimum Gasteiger partial charge on any atom is -0.324 e. The van der Waals surface area contributed by atoms with Gasteiger partial charge >= 0.3 is 0 Å². The third kappa shape index (κ3) is 2.74. The second-order valence-electron chi connectivity index (χ2n) is 4.14. The van der Waals surface area contributed by atoms with E-state index in [1.165, 1.54) is 18.2 Å². The first-order chi connectivity index (χ1) is 11.5. The van der Waals surface area contributed by atoms with Crippen LogP contribution in [0.5, 0.6) is 0 Å². The van der Waals surface area contributed by atoms with Crippen LogP contribution in [0.4, 0.5) is 4.39 Å². The van der Waals surface area contributed by atoms with Crippen molar-refractivity contribution in [2.24, 2.45) is 5.73 Å². The summed E-state index contributed by atoms with van der Waals surface area (Å²) in [5, 5.41) is -0.170. The van der Waals surface area contributed by atoms with Crippen molar-refractivity contribution >= 4 is 17.4 Å². The van der Waals surface area contributed by atoms with Crippen molar-refractivity contribution in [1.82, 2.24) is 0 Å². The highest BCUT2D eigenvalue weighted by molar-refractivity contribution is 6.35. The van der Waals surface area contributed by atoms with Crippen molar-refractivity contribution < 1.29 is 16.0 Å². The number of ketones is 1. The predicted octanol–water partition coefficient (Wildman–Crippen LogP) is 4.12. The second-order valence-corrected chi connectivity index (χ2v) is 4.55. The van der Waals surface area contributed by atoms with Crippen LogP contribution in [0.15, 0.2) is 42.5 Å². The van der Waals surface area contributed by atoms with E-state index in [1.807, 2.05) is 0 Å². The lowest BCUT2D eigenvalue weighted by atomic mass is 9.97. The number of carbonyl (C=O) groups excluding carboxylic acids is 1. The average molecular weight is 297 g/mol. The fraction of sp³-hybridized carbons (Fsp3) is 0.188. The summed E-state index contributed by atoms with van der Waals surface area (Å²) in [7, 11) is 0. The van der Waals surface area contributed by atoms with Gasteiger partial charge in [-0.2, -0.15) is 0 Å². The van der Waals surface area contributed by atoms with E-state index in [4.69, 9.17) is 24.2 Å². The number of hydrogen-bond acceptors (Lipinski definition) is 2. The molecule has 2 rings (SSSR count). The maximum Gasteiger partial charge on any atom is 0.197 e. The fourth-order valence-corrected chi connectivity index (χ4v) is 2.06. The van der Waals surface area contributed by atoms with Crippen LogP contribution in [0.3, 0.4) is 0 Å². The highest BCUT2D eigenvalue weighted by Crippen LogP contribution is 2.28. The normalized spacial score (nSPS) is 17.2. The summed E-state index contributed by atoms with van der Waals surface area (Å²) >= 11 is 5.95. The van der Waals surface area contributed by atoms with Crippen LogP contribution in [0.2, 0.25) is 5.02 Å². The number of carbonyl (C=O) groups is 1. The van der Waals surface area contributed by atoms with Gasteiger partial charge in [0.05, 0.1) is 10.6 Å². The van der Waals surface area contributed by atoms with Gasteiger partial charge in [-0.1, -0.05) is 54.9 Å². The van der Waals surface area contributed by atoms with Crippen molar-refractivity contribution in [1.29, 1.82) is 0 Å². The van der Waals surface area contributed by atoms with Gasteiger partial charge in [-0.25, -0.2) is 4.39 Å². The van der Waals surface area contributed by atoms with Crippen LogP contribution in [0, 0.1) is 5.82 Å². The van der Waals surface area contributed by atoms with E-state index in [1.54, 1.807) is 18.2 Å². The lowest BCUT2D eigenvalue weighted by molar-refractivity contribution is 0.103. The maximum atomic E-state index is 14.9. The fourth-order valence-electron chi connectivity index (χ4n) is 1.83. The van der Waals surface area contributed by atoms with E-state index in [0.29, 0.717) is 0 Å². The van der Waals surface area contributed by atoms with Crippen molar-refractivity contribution in [2.75, 3.05) is 0 Å². The summed E-state index contributed by atoms with van der Waals surface area (Å²) in [4.78, 5) is 12.5. The Morgan fingerprint density at radius 3 is 2.75 bits per heavy atom. The van der Waals surface area contributed by atoms with Crippen LogP contribution in [-0.2, 0) is 0 Å². The zero-order valence-corrected chi connectivity index (χ0v) is 11.1. The van der Waals surface area contributed by atoms with Gasteiger partial charge in [0.25, 0.3) is 0 Å². The molecule has 0 radical (unpaired) electrons. The summed E-state index contributed by atoms with van der Waals surface area (Å²) < 4.78 is 52.1. The monoisotopic (exact) mass is 296 g/mol. The van der Waals surface area contributed by atoms with Crippen LogP contribution in [0.1, 0.15) is 47.6 Å². The zero-order valence-electron chi connectivity index (χ0n) is 15.4. The van der Waals surface area contributed by atoms with Gasteiger partial charge in [-0.3, -0.25) is 4.79 Å². The third-order valence-corrected chi connectivity index (χ3v) is 3.19. The van der Waals surface area contributed by atoms with E-state index in [9.17, 15) is 9.18 Å². The van der Waals surface area contributed by atoms with Crippen LogP contribution >= 0.6 is 11.6 Å². The Kier molecular flexibility index (Phi) is 2.85. The smallest absolute Gasteiger partial charge is 0.197 e. The molecular weight excluding hydrogens is 277 g/mol. The van der Waals surface area contributed by atoms with Gasteiger partial charge in [0.1, 0.15) is 5.82 Å². The molecule has 0 aromatic heterocycles. The van der Waals surface area contributed by atoms with Crippen LogP contribution in [-0.4, -0.2) is 5.78 Å². The summed E-state index contributed by atoms with van der Waals surface area (Å²) in [5.41, 5.74) is 4.98. The van der Waals surface area contributed by atoms with E-state index >= 15 is 0 Å². The Morgan fingerprint density at radius 1 is 1.40 bits per heavy atom. The van der Waals surface area contributed by atoms with Gasteiger partial charge in [-0.15, -0.1) is 0 Å². The van der Waals surface area contributed by atoms with E-state index in [2.05, 4.69) is 0 Å². The SMILES string of the molecule is [2H]C([2H])([2H])C([2H])([2H])[C@H](N)c1ccc(Cl)c(C(=O)c2ccccc2)c1F. The van der Waals surface area contributed by atoms with Crippen LogP contribution < -0.4 is 5.73 Å². The summed E-state index contributed by atoms with van der Waals surface area (Å²) in [6.07, 6.45) is -2.89. The molecule has 0 aliphatic carbocycles. The molecule has 0 saturated carbocycles. The van der Waals surface area contributed by atoms with Crippen molar-refractivity contribution in [3.63, 3.8) is 0 Å². The summed E-state index contributed by atoms with van der Waals surface area (Å²) in [6.45, 7) is -3.07. The number of halogens is 2. The molecule has 2 aromatic rings. The minimum absolute atomic E-state index is 0.170. The molecular formula is C16H15ClFNO. The second kappa shape index (κ2) is 6.16. The average Bonchev–Trinajstić information content (AvgIpc) is 2.54. The number of nitrogens with two attached hydrogens (primary N) is 1. The molecule has 0 fully saturated rings. The molecule has 0 bridgehead atoms. The minimum atomic E-state index is -3.07. The first kappa shape index (κ1) is 9.27. The molecule has 104 valence electrons. The first-order valence-corrected chi connectivity index (χ1v) is 6.19. The molecule has 2 aromatic carbocycles. The molecule has 1 atom stereocenters. The standard InChI is InChI=1S/C16H15ClFNO/c1-2-13(19)11-8-9-12(17)14(15(11)18)16(20)10-6-4-3-5-7-10/h3-9,13H,2,19H2,1H3/t13-/m0/s1/i1D3,2D2. The largest absolute Gasteiger partial charge is 0.324 e. The predicted molar refractivity (Wildman–Crippen MR) is 78.5 cm³/mol. The number of hydrogen-bond donors (Lipinski definition) is 1. The molecule has 2 nitrogen and oxygen atoms in total. The highest BCUT2D eigenvalue weighted by atomic mass is 35.5. The Hall–Kier alpha value is -1.71. The van der Waals surface area contributed by atoms with Gasteiger partial charge in [0, 0.05) is 24.0 Å². The molecule has 0 aliphatic rings. The maximum absolute atomic E-state index is 14.9.